The third kappa shape index (κ3) is 3.53. The number of nitrogens with zero attached hydrogens (tertiary/aromatic N) is 4. The molecular weight excluding hydrogens is 357 g/mol. The molecule has 6 nitrogen and oxygen atoms in total. The molecule has 28 heavy (non-hydrogen) atoms. The predicted octanol–water partition coefficient (Wildman–Crippen LogP) is 3.55. The fourth-order valence-corrected chi connectivity index (χ4v) is 3.59. The number of hydrogen-bond donors (Lipinski definition) is 1. The van der Waals surface area contributed by atoms with Gasteiger partial charge >= 0.3 is 0 Å². The number of anilines is 1. The largest absolute Gasteiger partial charge is 0.311 e. The van der Waals surface area contributed by atoms with Crippen LogP contribution in [-0.2, 0) is 17.9 Å². The molecule has 3 heterocycles. The Labute approximate surface area is 163 Å². The number of halogens is 1. The highest BCUT2D eigenvalue weighted by atomic mass is 19.1. The van der Waals surface area contributed by atoms with Crippen molar-refractivity contribution in [3.63, 3.8) is 0 Å². The number of benzene rings is 1. The second kappa shape index (κ2) is 7.52. The molecule has 0 unspecified atom stereocenters. The van der Waals surface area contributed by atoms with Crippen molar-refractivity contribution in [2.75, 3.05) is 18.4 Å². The Morgan fingerprint density at radius 2 is 1.96 bits per heavy atom. The maximum atomic E-state index is 13.4. The molecule has 1 aliphatic rings. The van der Waals surface area contributed by atoms with Crippen LogP contribution in [0.1, 0.15) is 19.5 Å². The number of amides is 1. The van der Waals surface area contributed by atoms with Gasteiger partial charge in [-0.05, 0) is 48.5 Å². The number of carbonyl (C=O) groups excluding carboxylic acids is 1. The lowest BCUT2D eigenvalue weighted by Gasteiger charge is -2.27. The van der Waals surface area contributed by atoms with E-state index in [1.165, 1.54) is 19.1 Å². The van der Waals surface area contributed by atoms with Gasteiger partial charge in [0.15, 0.2) is 0 Å². The van der Waals surface area contributed by atoms with Crippen LogP contribution in [0.5, 0.6) is 0 Å². The van der Waals surface area contributed by atoms with Crippen molar-refractivity contribution in [3.8, 4) is 22.4 Å². The summed E-state index contributed by atoms with van der Waals surface area (Å²) in [7, 11) is 0. The summed E-state index contributed by atoms with van der Waals surface area (Å²) < 4.78 is 15.5. The monoisotopic (exact) mass is 379 g/mol. The van der Waals surface area contributed by atoms with E-state index in [0.717, 1.165) is 54.3 Å². The van der Waals surface area contributed by atoms with Crippen LogP contribution in [0.3, 0.4) is 0 Å². The second-order valence-corrected chi connectivity index (χ2v) is 6.88. The number of fused-ring (bicyclic) bond motifs is 1. The van der Waals surface area contributed by atoms with Crippen LogP contribution in [0.25, 0.3) is 22.4 Å². The lowest BCUT2D eigenvalue weighted by Crippen LogP contribution is -2.33. The van der Waals surface area contributed by atoms with E-state index in [4.69, 9.17) is 5.10 Å². The molecule has 0 saturated carbocycles. The topological polar surface area (TPSA) is 63.1 Å². The molecule has 7 heteroatoms. The molecule has 2 aromatic heterocycles. The third-order valence-electron chi connectivity index (χ3n) is 4.98. The molecule has 0 spiro atoms. The third-order valence-corrected chi connectivity index (χ3v) is 4.98. The smallest absolute Gasteiger partial charge is 0.222 e. The zero-order valence-electron chi connectivity index (χ0n) is 15.9. The van der Waals surface area contributed by atoms with Crippen LogP contribution >= 0.6 is 0 Å². The molecular formula is C21H22FN5O. The number of pyridine rings is 1. The van der Waals surface area contributed by atoms with Crippen LogP contribution in [0, 0.1) is 5.82 Å². The highest BCUT2D eigenvalue weighted by molar-refractivity contribution is 5.89. The maximum Gasteiger partial charge on any atom is 0.222 e. The summed E-state index contributed by atoms with van der Waals surface area (Å²) in [6, 6.07) is 10.2. The predicted molar refractivity (Wildman–Crippen MR) is 106 cm³/mol. The van der Waals surface area contributed by atoms with E-state index < -0.39 is 0 Å². The zero-order chi connectivity index (χ0) is 19.7. The average molecular weight is 379 g/mol. The molecule has 0 fully saturated rings. The summed E-state index contributed by atoms with van der Waals surface area (Å²) >= 11 is 0. The number of carbonyl (C=O) groups is 1. The van der Waals surface area contributed by atoms with E-state index >= 15 is 0 Å². The van der Waals surface area contributed by atoms with Gasteiger partial charge in [0.25, 0.3) is 0 Å². The highest BCUT2D eigenvalue weighted by Crippen LogP contribution is 2.37. The molecule has 0 saturated heterocycles. The number of hydrogen-bond acceptors (Lipinski definition) is 4. The number of likely N-dealkylation sites (N-methyl/N-ethyl adjacent to an activating group) is 1. The normalized spacial score (nSPS) is 14.0. The Bertz CT molecular complexity index is 1010. The molecule has 3 aromatic rings. The molecule has 4 rings (SSSR count). The number of rotatable bonds is 4. The number of nitrogens with one attached hydrogen (secondary N) is 1. The first-order valence-corrected chi connectivity index (χ1v) is 9.37. The van der Waals surface area contributed by atoms with Crippen molar-refractivity contribution >= 4 is 11.7 Å². The molecule has 1 N–H and O–H groups in total. The van der Waals surface area contributed by atoms with Crippen LogP contribution in [0.2, 0.25) is 0 Å². The van der Waals surface area contributed by atoms with Crippen LogP contribution < -0.4 is 5.32 Å². The van der Waals surface area contributed by atoms with Crippen molar-refractivity contribution in [3.05, 3.63) is 54.1 Å². The summed E-state index contributed by atoms with van der Waals surface area (Å²) in [5, 5.41) is 7.58. The van der Waals surface area contributed by atoms with Gasteiger partial charge in [-0.1, -0.05) is 6.92 Å². The van der Waals surface area contributed by atoms with Gasteiger partial charge < -0.3 is 5.32 Å². The average Bonchev–Trinajstić information content (AvgIpc) is 3.06. The standard InChI is InChI=1S/C21H22FN5O/c1-3-26-10-11-27-18(13-26)20(16-8-9-23-19(12-16)24-14(2)28)21(25-27)15-4-6-17(22)7-5-15/h4-9,12H,3,10-11,13H2,1-2H3,(H,23,24,28). The van der Waals surface area contributed by atoms with Gasteiger partial charge in [0.2, 0.25) is 5.91 Å². The van der Waals surface area contributed by atoms with Crippen LogP contribution in [-0.4, -0.2) is 38.7 Å². The molecule has 0 aliphatic carbocycles. The van der Waals surface area contributed by atoms with Gasteiger partial charge in [0.1, 0.15) is 17.3 Å². The van der Waals surface area contributed by atoms with Crippen LogP contribution in [0.4, 0.5) is 10.2 Å². The molecule has 0 bridgehead atoms. The quantitative estimate of drug-likeness (QED) is 0.753. The van der Waals surface area contributed by atoms with Crippen LogP contribution in [0.15, 0.2) is 42.6 Å². The molecule has 1 aromatic carbocycles. The SMILES string of the molecule is CCN1CCn2nc(-c3ccc(F)cc3)c(-c3ccnc(NC(C)=O)c3)c2C1. The lowest BCUT2D eigenvalue weighted by atomic mass is 9.98. The Morgan fingerprint density at radius 3 is 2.68 bits per heavy atom. The fourth-order valence-electron chi connectivity index (χ4n) is 3.59. The molecule has 144 valence electrons. The van der Waals surface area contributed by atoms with Gasteiger partial charge in [-0.25, -0.2) is 9.37 Å². The lowest BCUT2D eigenvalue weighted by molar-refractivity contribution is -0.114. The fraction of sp³-hybridized carbons (Fsp3) is 0.286. The summed E-state index contributed by atoms with van der Waals surface area (Å²) in [4.78, 5) is 18.0. The van der Waals surface area contributed by atoms with Crippen molar-refractivity contribution in [1.29, 1.82) is 0 Å². The number of aromatic nitrogens is 3. The minimum Gasteiger partial charge on any atom is -0.311 e. The van der Waals surface area contributed by atoms with E-state index in [9.17, 15) is 9.18 Å². The van der Waals surface area contributed by atoms with Crippen molar-refractivity contribution in [2.45, 2.75) is 26.9 Å². The minimum absolute atomic E-state index is 0.169. The zero-order valence-corrected chi connectivity index (χ0v) is 15.9. The summed E-state index contributed by atoms with van der Waals surface area (Å²) in [5.74, 6) is 0.0547. The first kappa shape index (κ1) is 18.3. The molecule has 1 amide bonds. The van der Waals surface area contributed by atoms with Crippen molar-refractivity contribution in [1.82, 2.24) is 19.7 Å². The first-order chi connectivity index (χ1) is 13.5. The van der Waals surface area contributed by atoms with E-state index in [0.29, 0.717) is 5.82 Å². The summed E-state index contributed by atoms with van der Waals surface area (Å²) in [5.41, 5.74) is 4.72. The Kier molecular flexibility index (Phi) is 4.92. The maximum absolute atomic E-state index is 13.4. The van der Waals surface area contributed by atoms with E-state index in [2.05, 4.69) is 22.1 Å². The van der Waals surface area contributed by atoms with E-state index in [1.807, 2.05) is 16.8 Å². The Hall–Kier alpha value is -3.06. The van der Waals surface area contributed by atoms with Gasteiger partial charge in [-0.3, -0.25) is 14.4 Å². The van der Waals surface area contributed by atoms with Gasteiger partial charge in [0, 0.05) is 37.3 Å². The first-order valence-electron chi connectivity index (χ1n) is 9.37. The molecule has 0 atom stereocenters. The Morgan fingerprint density at radius 1 is 1.18 bits per heavy atom. The highest BCUT2D eigenvalue weighted by Gasteiger charge is 2.25. The Balaban J connectivity index is 1.88. The second-order valence-electron chi connectivity index (χ2n) is 6.88. The molecule has 0 radical (unpaired) electrons. The van der Waals surface area contributed by atoms with E-state index in [1.54, 1.807) is 18.3 Å². The minimum atomic E-state index is -0.275. The summed E-state index contributed by atoms with van der Waals surface area (Å²) in [6.07, 6.45) is 1.68. The molecule has 1 aliphatic heterocycles. The van der Waals surface area contributed by atoms with Crippen molar-refractivity contribution in [2.24, 2.45) is 0 Å². The van der Waals surface area contributed by atoms with Gasteiger partial charge in [-0.15, -0.1) is 0 Å². The summed E-state index contributed by atoms with van der Waals surface area (Å²) in [6.45, 7) is 7.11. The van der Waals surface area contributed by atoms with E-state index in [-0.39, 0.29) is 11.7 Å². The van der Waals surface area contributed by atoms with Gasteiger partial charge in [0.05, 0.1) is 12.2 Å². The van der Waals surface area contributed by atoms with Gasteiger partial charge in [-0.2, -0.15) is 5.10 Å². The van der Waals surface area contributed by atoms with Crippen molar-refractivity contribution < 1.29 is 9.18 Å².